The predicted octanol–water partition coefficient (Wildman–Crippen LogP) is 1.56. The molecule has 1 rings (SSSR count). The largest absolute Gasteiger partial charge is 0.495 e. The van der Waals surface area contributed by atoms with Crippen LogP contribution in [-0.2, 0) is 9.53 Å². The molecule has 0 fully saturated rings. The molecular weight excluding hydrogens is 248 g/mol. The number of aliphatic hydroxyl groups excluding tert-OH is 1. The van der Waals surface area contributed by atoms with Gasteiger partial charge in [-0.15, -0.1) is 0 Å². The lowest BCUT2D eigenvalue weighted by Gasteiger charge is -2.15. The minimum absolute atomic E-state index is 0.184. The molecule has 0 heterocycles. The monoisotopic (exact) mass is 260 g/mol. The zero-order valence-electron chi connectivity index (χ0n) is 9.69. The molecule has 0 aliphatic rings. The van der Waals surface area contributed by atoms with Crippen molar-refractivity contribution < 1.29 is 24.1 Å². The molecule has 1 aromatic carbocycles. The summed E-state index contributed by atoms with van der Waals surface area (Å²) in [5.74, 6) is -0.210. The molecule has 6 heteroatoms. The Kier molecular flexibility index (Phi) is 4.60. The van der Waals surface area contributed by atoms with Crippen LogP contribution in [0.25, 0.3) is 0 Å². The fraction of sp³-hybridized carbons (Fsp3) is 0.364. The Morgan fingerprint density at radius 1 is 1.29 bits per heavy atom. The van der Waals surface area contributed by atoms with E-state index in [9.17, 15) is 9.90 Å². The van der Waals surface area contributed by atoms with Crippen molar-refractivity contribution in [3.63, 3.8) is 0 Å². The molecule has 0 saturated heterocycles. The van der Waals surface area contributed by atoms with E-state index in [2.05, 4.69) is 4.74 Å². The third-order valence-corrected chi connectivity index (χ3v) is 2.59. The van der Waals surface area contributed by atoms with Crippen molar-refractivity contribution in [2.24, 2.45) is 0 Å². The van der Waals surface area contributed by atoms with E-state index >= 15 is 0 Å². The standard InChI is InChI=1S/C11H13ClO5/c1-15-7-5-4-6(9(13)11(14)17-3)10(16-2)8(7)12/h4-5,9,13H,1-3H3. The van der Waals surface area contributed by atoms with Crippen molar-refractivity contribution in [1.82, 2.24) is 0 Å². The van der Waals surface area contributed by atoms with Crippen LogP contribution in [-0.4, -0.2) is 32.4 Å². The van der Waals surface area contributed by atoms with Crippen LogP contribution in [0.4, 0.5) is 0 Å². The summed E-state index contributed by atoms with van der Waals surface area (Å²) in [7, 11) is 4.02. The number of benzene rings is 1. The molecule has 0 saturated carbocycles. The number of rotatable bonds is 4. The summed E-state index contributed by atoms with van der Waals surface area (Å²) < 4.78 is 14.5. The number of carbonyl (C=O) groups is 1. The zero-order valence-corrected chi connectivity index (χ0v) is 10.4. The van der Waals surface area contributed by atoms with Crippen LogP contribution in [0.15, 0.2) is 12.1 Å². The van der Waals surface area contributed by atoms with Crippen molar-refractivity contribution in [3.05, 3.63) is 22.7 Å². The van der Waals surface area contributed by atoms with E-state index in [1.165, 1.54) is 33.5 Å². The molecule has 17 heavy (non-hydrogen) atoms. The predicted molar refractivity (Wildman–Crippen MR) is 61.5 cm³/mol. The quantitative estimate of drug-likeness (QED) is 0.833. The molecule has 0 aliphatic heterocycles. The number of ether oxygens (including phenoxy) is 3. The zero-order chi connectivity index (χ0) is 13.0. The first kappa shape index (κ1) is 13.6. The normalized spacial score (nSPS) is 11.8. The molecule has 5 nitrogen and oxygen atoms in total. The Hall–Kier alpha value is -1.46. The Balaban J connectivity index is 3.25. The minimum atomic E-state index is -1.45. The number of hydrogen-bond donors (Lipinski definition) is 1. The van der Waals surface area contributed by atoms with Gasteiger partial charge in [0.15, 0.2) is 6.10 Å². The number of hydrogen-bond acceptors (Lipinski definition) is 5. The number of aliphatic hydroxyl groups is 1. The molecule has 94 valence electrons. The number of halogens is 1. The molecule has 0 amide bonds. The van der Waals surface area contributed by atoms with Gasteiger partial charge in [-0.3, -0.25) is 0 Å². The van der Waals surface area contributed by atoms with Crippen molar-refractivity contribution in [2.75, 3.05) is 21.3 Å². The van der Waals surface area contributed by atoms with E-state index in [1.54, 1.807) is 0 Å². The molecule has 0 aliphatic carbocycles. The van der Waals surface area contributed by atoms with Gasteiger partial charge in [0.1, 0.15) is 16.5 Å². The van der Waals surface area contributed by atoms with E-state index < -0.39 is 12.1 Å². The van der Waals surface area contributed by atoms with Crippen molar-refractivity contribution >= 4 is 17.6 Å². The molecule has 0 radical (unpaired) electrons. The van der Waals surface area contributed by atoms with E-state index in [0.717, 1.165) is 0 Å². The smallest absolute Gasteiger partial charge is 0.339 e. The van der Waals surface area contributed by atoms with Gasteiger partial charge >= 0.3 is 5.97 Å². The summed E-state index contributed by atoms with van der Waals surface area (Å²) in [5, 5.41) is 9.93. The lowest BCUT2D eigenvalue weighted by atomic mass is 10.1. The number of esters is 1. The van der Waals surface area contributed by atoms with E-state index in [1.807, 2.05) is 0 Å². The van der Waals surface area contributed by atoms with Crippen LogP contribution in [0.3, 0.4) is 0 Å². The first-order valence-corrected chi connectivity index (χ1v) is 5.10. The highest BCUT2D eigenvalue weighted by Gasteiger charge is 2.24. The fourth-order valence-electron chi connectivity index (χ4n) is 1.37. The van der Waals surface area contributed by atoms with Gasteiger partial charge in [-0.1, -0.05) is 11.6 Å². The van der Waals surface area contributed by atoms with Gasteiger partial charge in [-0.05, 0) is 12.1 Å². The lowest BCUT2D eigenvalue weighted by Crippen LogP contribution is -2.14. The Labute approximate surface area is 104 Å². The highest BCUT2D eigenvalue weighted by molar-refractivity contribution is 6.33. The highest BCUT2D eigenvalue weighted by atomic mass is 35.5. The second-order valence-corrected chi connectivity index (χ2v) is 3.51. The molecule has 1 unspecified atom stereocenters. The first-order valence-electron chi connectivity index (χ1n) is 4.73. The van der Waals surface area contributed by atoms with Crippen LogP contribution in [0.5, 0.6) is 11.5 Å². The Morgan fingerprint density at radius 2 is 1.94 bits per heavy atom. The maximum Gasteiger partial charge on any atom is 0.339 e. The molecule has 0 bridgehead atoms. The second kappa shape index (κ2) is 5.75. The summed E-state index contributed by atoms with van der Waals surface area (Å²) in [5.41, 5.74) is 0.227. The Bertz CT molecular complexity index is 419. The average molecular weight is 261 g/mol. The van der Waals surface area contributed by atoms with Crippen LogP contribution in [0.1, 0.15) is 11.7 Å². The topological polar surface area (TPSA) is 65.0 Å². The van der Waals surface area contributed by atoms with Gasteiger partial charge in [-0.2, -0.15) is 0 Å². The van der Waals surface area contributed by atoms with Crippen LogP contribution >= 0.6 is 11.6 Å². The van der Waals surface area contributed by atoms with Crippen molar-refractivity contribution in [2.45, 2.75) is 6.10 Å². The molecule has 0 aromatic heterocycles. The van der Waals surface area contributed by atoms with Crippen molar-refractivity contribution in [3.8, 4) is 11.5 Å². The van der Waals surface area contributed by atoms with Crippen LogP contribution in [0.2, 0.25) is 5.02 Å². The van der Waals surface area contributed by atoms with Gasteiger partial charge in [0, 0.05) is 5.56 Å². The maximum atomic E-state index is 11.2. The summed E-state index contributed by atoms with van der Waals surface area (Å²) in [6.07, 6.45) is -1.45. The summed E-state index contributed by atoms with van der Waals surface area (Å²) >= 11 is 5.99. The summed E-state index contributed by atoms with van der Waals surface area (Å²) in [6, 6.07) is 3.03. The number of methoxy groups -OCH3 is 3. The van der Waals surface area contributed by atoms with Crippen LogP contribution < -0.4 is 9.47 Å². The van der Waals surface area contributed by atoms with Gasteiger partial charge in [-0.25, -0.2) is 4.79 Å². The minimum Gasteiger partial charge on any atom is -0.495 e. The van der Waals surface area contributed by atoms with Gasteiger partial charge in [0.05, 0.1) is 21.3 Å². The maximum absolute atomic E-state index is 11.2. The molecule has 1 aromatic rings. The van der Waals surface area contributed by atoms with Crippen LogP contribution in [0, 0.1) is 0 Å². The molecule has 0 spiro atoms. The molecule has 1 N–H and O–H groups in total. The summed E-state index contributed by atoms with van der Waals surface area (Å²) in [6.45, 7) is 0. The van der Waals surface area contributed by atoms with E-state index in [4.69, 9.17) is 21.1 Å². The lowest BCUT2D eigenvalue weighted by molar-refractivity contribution is -0.150. The second-order valence-electron chi connectivity index (χ2n) is 3.13. The SMILES string of the molecule is COC(=O)C(O)c1ccc(OC)c(Cl)c1OC. The Morgan fingerprint density at radius 3 is 2.41 bits per heavy atom. The molecular formula is C11H13ClO5. The van der Waals surface area contributed by atoms with Gasteiger partial charge in [0.2, 0.25) is 0 Å². The van der Waals surface area contributed by atoms with Crippen molar-refractivity contribution in [1.29, 1.82) is 0 Å². The summed E-state index contributed by atoms with van der Waals surface area (Å²) in [4.78, 5) is 11.2. The number of carbonyl (C=O) groups excluding carboxylic acids is 1. The highest BCUT2D eigenvalue weighted by Crippen LogP contribution is 2.39. The third kappa shape index (κ3) is 2.62. The third-order valence-electron chi connectivity index (χ3n) is 2.24. The molecule has 1 atom stereocenters. The van der Waals surface area contributed by atoms with Gasteiger partial charge in [0.25, 0.3) is 0 Å². The first-order chi connectivity index (χ1) is 8.06. The fourth-order valence-corrected chi connectivity index (χ4v) is 1.70. The van der Waals surface area contributed by atoms with Gasteiger partial charge < -0.3 is 19.3 Å². The average Bonchev–Trinajstić information content (AvgIpc) is 2.36. The van der Waals surface area contributed by atoms with E-state index in [-0.39, 0.29) is 16.3 Å². The van der Waals surface area contributed by atoms with E-state index in [0.29, 0.717) is 5.75 Å².